The van der Waals surface area contributed by atoms with Crippen molar-refractivity contribution in [1.82, 2.24) is 15.0 Å². The van der Waals surface area contributed by atoms with Crippen LogP contribution < -0.4 is 5.73 Å². The van der Waals surface area contributed by atoms with Gasteiger partial charge in [0.05, 0.1) is 6.10 Å². The van der Waals surface area contributed by atoms with Gasteiger partial charge < -0.3 is 19.9 Å². The highest BCUT2D eigenvalue weighted by Crippen LogP contribution is 2.41. The molecule has 0 amide bonds. The largest absolute Gasteiger partial charge is 0.364 e. The topological polar surface area (TPSA) is 77.4 Å². The van der Waals surface area contributed by atoms with Gasteiger partial charge in [-0.3, -0.25) is 0 Å². The normalized spacial score (nSPS) is 40.0. The average molecular weight is 292 g/mol. The fourth-order valence-corrected chi connectivity index (χ4v) is 4.23. The van der Waals surface area contributed by atoms with Crippen LogP contribution in [0.25, 0.3) is 0 Å². The van der Waals surface area contributed by atoms with Gasteiger partial charge in [-0.15, -0.1) is 0 Å². The first kappa shape index (κ1) is 13.7. The number of rotatable bonds is 3. The maximum Gasteiger partial charge on any atom is 0.255 e. The highest BCUT2D eigenvalue weighted by atomic mass is 16.5. The molecule has 0 saturated carbocycles. The van der Waals surface area contributed by atoms with Crippen LogP contribution in [0.4, 0.5) is 0 Å². The third-order valence-corrected chi connectivity index (χ3v) is 5.57. The quantitative estimate of drug-likeness (QED) is 0.911. The standard InChI is InChI=1S/C15H24N4O2/c1-19-10-2-3-11(19)7-9(6-10)14-17-15(21-18-14)13-5-4-12(8-16)20-13/h9-13H,2-8,16H2,1H3. The molecule has 4 heterocycles. The Morgan fingerprint density at radius 1 is 1.19 bits per heavy atom. The Kier molecular flexibility index (Phi) is 3.47. The molecule has 6 heteroatoms. The minimum Gasteiger partial charge on any atom is -0.364 e. The lowest BCUT2D eigenvalue weighted by Crippen LogP contribution is -2.39. The van der Waals surface area contributed by atoms with Crippen LogP contribution in [0.1, 0.15) is 62.3 Å². The summed E-state index contributed by atoms with van der Waals surface area (Å²) in [6.07, 6.45) is 6.94. The van der Waals surface area contributed by atoms with E-state index in [0.29, 0.717) is 30.4 Å². The molecule has 3 fully saturated rings. The van der Waals surface area contributed by atoms with Crippen molar-refractivity contribution in [2.75, 3.05) is 13.6 Å². The van der Waals surface area contributed by atoms with Crippen LogP contribution in [0.15, 0.2) is 4.52 Å². The van der Waals surface area contributed by atoms with E-state index in [9.17, 15) is 0 Å². The molecule has 3 saturated heterocycles. The van der Waals surface area contributed by atoms with Crippen molar-refractivity contribution in [3.8, 4) is 0 Å². The Balaban J connectivity index is 1.46. The van der Waals surface area contributed by atoms with E-state index in [1.807, 2.05) is 0 Å². The molecule has 21 heavy (non-hydrogen) atoms. The van der Waals surface area contributed by atoms with E-state index < -0.39 is 0 Å². The SMILES string of the molecule is CN1C2CCC1CC(c1noc(C3CCC(CN)O3)n1)C2. The molecule has 3 aliphatic rings. The van der Waals surface area contributed by atoms with Crippen molar-refractivity contribution in [2.24, 2.45) is 5.73 Å². The predicted molar refractivity (Wildman–Crippen MR) is 76.7 cm³/mol. The lowest BCUT2D eigenvalue weighted by molar-refractivity contribution is 0.0307. The third-order valence-electron chi connectivity index (χ3n) is 5.57. The zero-order valence-electron chi connectivity index (χ0n) is 12.6. The molecular weight excluding hydrogens is 268 g/mol. The van der Waals surface area contributed by atoms with Gasteiger partial charge in [-0.1, -0.05) is 5.16 Å². The van der Waals surface area contributed by atoms with Crippen LogP contribution >= 0.6 is 0 Å². The molecule has 4 unspecified atom stereocenters. The second kappa shape index (κ2) is 5.34. The van der Waals surface area contributed by atoms with Crippen molar-refractivity contribution in [3.63, 3.8) is 0 Å². The smallest absolute Gasteiger partial charge is 0.255 e. The molecule has 1 aromatic rings. The first-order valence-corrected chi connectivity index (χ1v) is 8.15. The molecule has 0 aromatic carbocycles. The van der Waals surface area contributed by atoms with Gasteiger partial charge in [-0.05, 0) is 45.6 Å². The van der Waals surface area contributed by atoms with Gasteiger partial charge in [0.2, 0.25) is 0 Å². The Labute approximate surface area is 125 Å². The number of fused-ring (bicyclic) bond motifs is 2. The molecule has 1 aromatic heterocycles. The number of nitrogens with two attached hydrogens (primary N) is 1. The molecule has 4 atom stereocenters. The van der Waals surface area contributed by atoms with Crippen LogP contribution in [-0.2, 0) is 4.74 Å². The maximum atomic E-state index is 5.84. The number of aromatic nitrogens is 2. The Morgan fingerprint density at radius 2 is 1.95 bits per heavy atom. The fraction of sp³-hybridized carbons (Fsp3) is 0.867. The second-order valence-corrected chi connectivity index (χ2v) is 6.77. The maximum absolute atomic E-state index is 5.84. The third kappa shape index (κ3) is 2.39. The van der Waals surface area contributed by atoms with E-state index in [0.717, 1.165) is 31.5 Å². The predicted octanol–water partition coefficient (Wildman–Crippen LogP) is 1.59. The first-order valence-electron chi connectivity index (χ1n) is 8.15. The summed E-state index contributed by atoms with van der Waals surface area (Å²) in [4.78, 5) is 7.18. The summed E-state index contributed by atoms with van der Waals surface area (Å²) in [6.45, 7) is 0.565. The van der Waals surface area contributed by atoms with Crippen molar-refractivity contribution in [1.29, 1.82) is 0 Å². The summed E-state index contributed by atoms with van der Waals surface area (Å²) < 4.78 is 11.3. The van der Waals surface area contributed by atoms with Crippen molar-refractivity contribution in [3.05, 3.63) is 11.7 Å². The van der Waals surface area contributed by atoms with Gasteiger partial charge in [0, 0.05) is 24.5 Å². The summed E-state index contributed by atoms with van der Waals surface area (Å²) in [5, 5.41) is 4.24. The Morgan fingerprint density at radius 3 is 2.62 bits per heavy atom. The summed E-state index contributed by atoms with van der Waals surface area (Å²) in [5.41, 5.74) is 5.65. The van der Waals surface area contributed by atoms with Crippen molar-refractivity contribution >= 4 is 0 Å². The zero-order chi connectivity index (χ0) is 14.4. The van der Waals surface area contributed by atoms with Crippen LogP contribution in [-0.4, -0.2) is 46.8 Å². The summed E-state index contributed by atoms with van der Waals surface area (Å²) in [7, 11) is 2.25. The molecule has 0 spiro atoms. The van der Waals surface area contributed by atoms with E-state index in [2.05, 4.69) is 22.1 Å². The molecular formula is C15H24N4O2. The van der Waals surface area contributed by atoms with Crippen LogP contribution in [0, 0.1) is 0 Å². The van der Waals surface area contributed by atoms with Crippen LogP contribution in [0.5, 0.6) is 0 Å². The van der Waals surface area contributed by atoms with E-state index in [4.69, 9.17) is 15.0 Å². The van der Waals surface area contributed by atoms with Gasteiger partial charge in [-0.2, -0.15) is 4.98 Å². The van der Waals surface area contributed by atoms with E-state index >= 15 is 0 Å². The number of piperidine rings is 1. The molecule has 2 N–H and O–H groups in total. The minimum atomic E-state index is -0.0530. The summed E-state index contributed by atoms with van der Waals surface area (Å²) >= 11 is 0. The number of nitrogens with zero attached hydrogens (tertiary/aromatic N) is 3. The Bertz CT molecular complexity index is 492. The van der Waals surface area contributed by atoms with Crippen molar-refractivity contribution in [2.45, 2.75) is 68.7 Å². The lowest BCUT2D eigenvalue weighted by Gasteiger charge is -2.34. The van der Waals surface area contributed by atoms with Gasteiger partial charge in [0.25, 0.3) is 5.89 Å². The van der Waals surface area contributed by atoms with E-state index in [1.165, 1.54) is 12.8 Å². The Hall–Kier alpha value is -0.980. The molecule has 0 radical (unpaired) electrons. The van der Waals surface area contributed by atoms with Gasteiger partial charge in [-0.25, -0.2) is 0 Å². The van der Waals surface area contributed by atoms with Crippen molar-refractivity contribution < 1.29 is 9.26 Å². The second-order valence-electron chi connectivity index (χ2n) is 6.77. The molecule has 4 rings (SSSR count). The fourth-order valence-electron chi connectivity index (χ4n) is 4.23. The number of hydrogen-bond acceptors (Lipinski definition) is 6. The monoisotopic (exact) mass is 292 g/mol. The minimum absolute atomic E-state index is 0.0530. The highest BCUT2D eigenvalue weighted by molar-refractivity contribution is 5.06. The van der Waals surface area contributed by atoms with Gasteiger partial charge in [0.15, 0.2) is 5.82 Å². The lowest BCUT2D eigenvalue weighted by atomic mass is 9.90. The molecule has 0 aliphatic carbocycles. The van der Waals surface area contributed by atoms with Crippen LogP contribution in [0.2, 0.25) is 0 Å². The first-order chi connectivity index (χ1) is 10.2. The molecule has 2 bridgehead atoms. The molecule has 3 aliphatic heterocycles. The summed E-state index contributed by atoms with van der Waals surface area (Å²) in [5.74, 6) is 1.98. The van der Waals surface area contributed by atoms with Gasteiger partial charge in [0.1, 0.15) is 6.10 Å². The van der Waals surface area contributed by atoms with Crippen LogP contribution in [0.3, 0.4) is 0 Å². The average Bonchev–Trinajstić information content (AvgIpc) is 3.18. The van der Waals surface area contributed by atoms with Gasteiger partial charge >= 0.3 is 0 Å². The zero-order valence-corrected chi connectivity index (χ0v) is 12.6. The molecule has 116 valence electrons. The highest BCUT2D eigenvalue weighted by Gasteiger charge is 2.41. The van der Waals surface area contributed by atoms with E-state index in [-0.39, 0.29) is 12.2 Å². The number of ether oxygens (including phenoxy) is 1. The van der Waals surface area contributed by atoms with E-state index in [1.54, 1.807) is 0 Å². The number of hydrogen-bond donors (Lipinski definition) is 1. The summed E-state index contributed by atoms with van der Waals surface area (Å²) in [6, 6.07) is 1.39. The molecule has 6 nitrogen and oxygen atoms in total.